The molecule has 0 atom stereocenters. The number of nitrogens with one attached hydrogen (secondary N) is 1. The van der Waals surface area contributed by atoms with Crippen molar-refractivity contribution in [2.24, 2.45) is 0 Å². The van der Waals surface area contributed by atoms with Crippen LogP contribution in [0.3, 0.4) is 0 Å². The van der Waals surface area contributed by atoms with Gasteiger partial charge in [0.15, 0.2) is 0 Å². The lowest BCUT2D eigenvalue weighted by molar-refractivity contribution is -0.117. The third-order valence-corrected chi connectivity index (χ3v) is 6.31. The van der Waals surface area contributed by atoms with Crippen LogP contribution < -0.4 is 15.1 Å². The van der Waals surface area contributed by atoms with Gasteiger partial charge in [-0.15, -0.1) is 0 Å². The Morgan fingerprint density at radius 3 is 2.42 bits per heavy atom. The molecule has 2 heterocycles. The normalized spacial score (nSPS) is 17.3. The molecule has 2 saturated heterocycles. The van der Waals surface area contributed by atoms with Crippen LogP contribution in [0, 0.1) is 0 Å². The van der Waals surface area contributed by atoms with Crippen molar-refractivity contribution in [2.45, 2.75) is 26.2 Å². The van der Waals surface area contributed by atoms with Crippen molar-refractivity contribution in [3.05, 3.63) is 53.1 Å². The van der Waals surface area contributed by atoms with Crippen LogP contribution >= 0.6 is 11.6 Å². The minimum absolute atomic E-state index is 0.0827. The lowest BCUT2D eigenvalue weighted by atomic mass is 10.1. The molecule has 2 aliphatic heterocycles. The van der Waals surface area contributed by atoms with Gasteiger partial charge in [0.05, 0.1) is 17.8 Å². The summed E-state index contributed by atoms with van der Waals surface area (Å²) in [7, 11) is 0. The second-order valence-corrected chi connectivity index (χ2v) is 8.56. The van der Waals surface area contributed by atoms with E-state index in [0.29, 0.717) is 11.4 Å². The van der Waals surface area contributed by atoms with Crippen LogP contribution in [0.4, 0.5) is 17.1 Å². The highest BCUT2D eigenvalue weighted by atomic mass is 35.5. The molecule has 0 spiro atoms. The monoisotopic (exact) mass is 440 g/mol. The lowest BCUT2D eigenvalue weighted by Gasteiger charge is -2.36. The predicted octanol–water partition coefficient (Wildman–Crippen LogP) is 3.79. The Balaban J connectivity index is 1.41. The van der Waals surface area contributed by atoms with Gasteiger partial charge >= 0.3 is 0 Å². The average Bonchev–Trinajstić information content (AvgIpc) is 3.20. The fourth-order valence-electron chi connectivity index (χ4n) is 4.28. The summed E-state index contributed by atoms with van der Waals surface area (Å²) in [5.41, 5.74) is 3.57. The van der Waals surface area contributed by atoms with E-state index in [-0.39, 0.29) is 18.2 Å². The zero-order chi connectivity index (χ0) is 21.8. The summed E-state index contributed by atoms with van der Waals surface area (Å²) < 4.78 is 0. The number of halogens is 1. The first-order valence-corrected chi connectivity index (χ1v) is 11.4. The van der Waals surface area contributed by atoms with Crippen LogP contribution in [0.5, 0.6) is 0 Å². The van der Waals surface area contributed by atoms with E-state index in [1.54, 1.807) is 4.90 Å². The summed E-state index contributed by atoms with van der Waals surface area (Å²) in [6.45, 7) is 7.88. The molecule has 2 aliphatic rings. The molecule has 2 aromatic carbocycles. The minimum atomic E-state index is -0.0827. The lowest BCUT2D eigenvalue weighted by Crippen LogP contribution is -2.46. The highest BCUT2D eigenvalue weighted by Gasteiger charge is 2.22. The Labute approximate surface area is 188 Å². The molecule has 1 N–H and O–H groups in total. The number of anilines is 3. The summed E-state index contributed by atoms with van der Waals surface area (Å²) >= 11 is 6.23. The summed E-state index contributed by atoms with van der Waals surface area (Å²) in [5.74, 6) is 0.0828. The molecule has 0 bridgehead atoms. The highest BCUT2D eigenvalue weighted by molar-refractivity contribution is 6.31. The number of nitrogens with zero attached hydrogens (tertiary/aromatic N) is 3. The summed E-state index contributed by atoms with van der Waals surface area (Å²) in [6, 6.07) is 13.4. The summed E-state index contributed by atoms with van der Waals surface area (Å²) in [4.78, 5) is 31.2. The van der Waals surface area contributed by atoms with Gasteiger partial charge in [0.1, 0.15) is 0 Å². The minimum Gasteiger partial charge on any atom is -0.367 e. The SMILES string of the molecule is CCN1CCN(c2ccc(Cl)cc2NC(=O)Cc2ccc(N3CCCC3=O)cc2)CC1. The molecule has 0 aromatic heterocycles. The number of carbonyl (C=O) groups excluding carboxylic acids is 2. The Bertz CT molecular complexity index is 939. The Kier molecular flexibility index (Phi) is 6.78. The van der Waals surface area contributed by atoms with Crippen LogP contribution in [0.2, 0.25) is 5.02 Å². The van der Waals surface area contributed by atoms with Gasteiger partial charge in [-0.3, -0.25) is 9.59 Å². The second-order valence-electron chi connectivity index (χ2n) is 8.12. The van der Waals surface area contributed by atoms with Gasteiger partial charge in [-0.25, -0.2) is 0 Å². The maximum absolute atomic E-state index is 12.8. The molecule has 0 aliphatic carbocycles. The number of rotatable bonds is 6. The van der Waals surface area contributed by atoms with Crippen LogP contribution in [0.1, 0.15) is 25.3 Å². The first-order valence-electron chi connectivity index (χ1n) is 11.0. The van der Waals surface area contributed by atoms with Gasteiger partial charge in [-0.2, -0.15) is 0 Å². The van der Waals surface area contributed by atoms with Gasteiger partial charge in [0, 0.05) is 49.9 Å². The number of likely N-dealkylation sites (N-methyl/N-ethyl adjacent to an activating group) is 1. The topological polar surface area (TPSA) is 55.9 Å². The van der Waals surface area contributed by atoms with Gasteiger partial charge in [-0.1, -0.05) is 30.7 Å². The van der Waals surface area contributed by atoms with Crippen LogP contribution in [0.25, 0.3) is 0 Å². The molecule has 7 heteroatoms. The van der Waals surface area contributed by atoms with Gasteiger partial charge in [0.2, 0.25) is 11.8 Å². The van der Waals surface area contributed by atoms with Crippen molar-refractivity contribution in [2.75, 3.05) is 54.4 Å². The molecule has 2 fully saturated rings. The van der Waals surface area contributed by atoms with E-state index in [1.807, 2.05) is 42.5 Å². The standard InChI is InChI=1S/C24H29ClN4O2/c1-2-27-12-14-28(15-13-27)22-10-7-19(25)17-21(22)26-23(30)16-18-5-8-20(9-6-18)29-11-3-4-24(29)31/h5-10,17H,2-4,11-16H2,1H3,(H,26,30). The first-order chi connectivity index (χ1) is 15.0. The van der Waals surface area contributed by atoms with Gasteiger partial charge in [-0.05, 0) is 48.9 Å². The van der Waals surface area contributed by atoms with E-state index < -0.39 is 0 Å². The second kappa shape index (κ2) is 9.71. The van der Waals surface area contributed by atoms with Crippen LogP contribution in [-0.2, 0) is 16.0 Å². The Morgan fingerprint density at radius 1 is 1.03 bits per heavy atom. The molecular formula is C24H29ClN4O2. The van der Waals surface area contributed by atoms with Gasteiger partial charge < -0.3 is 20.0 Å². The van der Waals surface area contributed by atoms with Crippen molar-refractivity contribution in [1.82, 2.24) is 4.90 Å². The number of piperazine rings is 1. The molecule has 31 heavy (non-hydrogen) atoms. The molecule has 164 valence electrons. The molecule has 0 radical (unpaired) electrons. The van der Waals surface area contributed by atoms with Crippen molar-refractivity contribution in [3.8, 4) is 0 Å². The number of hydrogen-bond acceptors (Lipinski definition) is 4. The largest absolute Gasteiger partial charge is 0.367 e. The van der Waals surface area contributed by atoms with Crippen LogP contribution in [-0.4, -0.2) is 56.0 Å². The molecule has 6 nitrogen and oxygen atoms in total. The third-order valence-electron chi connectivity index (χ3n) is 6.08. The number of hydrogen-bond donors (Lipinski definition) is 1. The van der Waals surface area contributed by atoms with E-state index in [2.05, 4.69) is 22.0 Å². The number of amides is 2. The van der Waals surface area contributed by atoms with Crippen LogP contribution in [0.15, 0.2) is 42.5 Å². The highest BCUT2D eigenvalue weighted by Crippen LogP contribution is 2.30. The van der Waals surface area contributed by atoms with Crippen molar-refractivity contribution in [1.29, 1.82) is 0 Å². The number of carbonyl (C=O) groups is 2. The molecule has 2 amide bonds. The van der Waals surface area contributed by atoms with Gasteiger partial charge in [0.25, 0.3) is 0 Å². The van der Waals surface area contributed by atoms with Crippen molar-refractivity contribution < 1.29 is 9.59 Å². The third kappa shape index (κ3) is 5.20. The van der Waals surface area contributed by atoms with Crippen molar-refractivity contribution >= 4 is 40.5 Å². The molecule has 0 unspecified atom stereocenters. The van der Waals surface area contributed by atoms with E-state index in [9.17, 15) is 9.59 Å². The fraction of sp³-hybridized carbons (Fsp3) is 0.417. The zero-order valence-corrected chi connectivity index (χ0v) is 18.7. The maximum Gasteiger partial charge on any atom is 0.228 e. The van der Waals surface area contributed by atoms with E-state index >= 15 is 0 Å². The molecule has 0 saturated carbocycles. The fourth-order valence-corrected chi connectivity index (χ4v) is 4.46. The van der Waals surface area contributed by atoms with E-state index in [1.165, 1.54) is 0 Å². The summed E-state index contributed by atoms with van der Waals surface area (Å²) in [5, 5.41) is 3.66. The first kappa shape index (κ1) is 21.7. The number of benzene rings is 2. The summed E-state index contributed by atoms with van der Waals surface area (Å²) in [6.07, 6.45) is 1.78. The molecular weight excluding hydrogens is 412 g/mol. The molecule has 4 rings (SSSR count). The zero-order valence-electron chi connectivity index (χ0n) is 17.9. The maximum atomic E-state index is 12.8. The average molecular weight is 441 g/mol. The molecule has 2 aromatic rings. The van der Waals surface area contributed by atoms with E-state index in [4.69, 9.17) is 11.6 Å². The predicted molar refractivity (Wildman–Crippen MR) is 126 cm³/mol. The smallest absolute Gasteiger partial charge is 0.228 e. The Morgan fingerprint density at radius 2 is 1.77 bits per heavy atom. The van der Waals surface area contributed by atoms with E-state index in [0.717, 1.165) is 68.3 Å². The van der Waals surface area contributed by atoms with Crippen molar-refractivity contribution in [3.63, 3.8) is 0 Å². The Hall–Kier alpha value is -2.57. The quantitative estimate of drug-likeness (QED) is 0.742.